The van der Waals surface area contributed by atoms with Gasteiger partial charge < -0.3 is 20.9 Å². The average Bonchev–Trinajstić information content (AvgIpc) is 3.04. The minimum Gasteiger partial charge on any atom is -0.489 e. The number of carboxylic acid groups (broad SMARTS) is 1. The number of nitrogens with one attached hydrogen (secondary N) is 1. The summed E-state index contributed by atoms with van der Waals surface area (Å²) in [4.78, 5) is 14.3. The molecule has 0 amide bonds. The Labute approximate surface area is 221 Å². The molecule has 2 atom stereocenters. The number of rotatable bonds is 8. The van der Waals surface area contributed by atoms with Gasteiger partial charge in [-0.05, 0) is 60.2 Å². The van der Waals surface area contributed by atoms with Gasteiger partial charge in [-0.15, -0.1) is 0 Å². The normalized spacial score (nSPS) is 16.4. The highest BCUT2D eigenvalue weighted by Crippen LogP contribution is 2.36. The van der Waals surface area contributed by atoms with Crippen molar-refractivity contribution in [1.29, 1.82) is 0 Å². The summed E-state index contributed by atoms with van der Waals surface area (Å²) in [6, 6.07) is 16.1. The number of carbonyl (C=O) groups is 1. The van der Waals surface area contributed by atoms with Crippen molar-refractivity contribution in [3.8, 4) is 5.75 Å². The van der Waals surface area contributed by atoms with Gasteiger partial charge in [-0.3, -0.25) is 9.69 Å². The van der Waals surface area contributed by atoms with Crippen molar-refractivity contribution in [2.75, 3.05) is 24.6 Å². The van der Waals surface area contributed by atoms with Crippen molar-refractivity contribution in [3.63, 3.8) is 0 Å². The Morgan fingerprint density at radius 1 is 1.22 bits per heavy atom. The van der Waals surface area contributed by atoms with Gasteiger partial charge in [0, 0.05) is 38.2 Å². The van der Waals surface area contributed by atoms with Crippen molar-refractivity contribution in [3.05, 3.63) is 81.9 Å². The molecule has 3 aromatic carbocycles. The largest absolute Gasteiger partial charge is 0.489 e. The molecule has 0 bridgehead atoms. The fourth-order valence-electron chi connectivity index (χ4n) is 5.20. The van der Waals surface area contributed by atoms with Crippen LogP contribution in [0.4, 0.5) is 11.4 Å². The van der Waals surface area contributed by atoms with Gasteiger partial charge in [0.05, 0.1) is 17.8 Å². The third kappa shape index (κ3) is 5.94. The first-order valence-corrected chi connectivity index (χ1v) is 12.9. The van der Waals surface area contributed by atoms with E-state index >= 15 is 0 Å². The molecule has 4 N–H and O–H groups in total. The summed E-state index contributed by atoms with van der Waals surface area (Å²) < 4.78 is 6.29. The van der Waals surface area contributed by atoms with Crippen LogP contribution in [0.5, 0.6) is 5.75 Å². The van der Waals surface area contributed by atoms with Crippen LogP contribution in [0.1, 0.15) is 59.1 Å². The molecular weight excluding hydrogens is 461 g/mol. The lowest BCUT2D eigenvalue weighted by molar-refractivity contribution is -0.137. The van der Waals surface area contributed by atoms with Crippen molar-refractivity contribution in [2.24, 2.45) is 0 Å². The first-order chi connectivity index (χ1) is 17.7. The lowest BCUT2D eigenvalue weighted by Gasteiger charge is -2.26. The minimum absolute atomic E-state index is 0.00799. The number of aryl methyl sites for hydroxylation is 1. The maximum absolute atomic E-state index is 11.9. The highest BCUT2D eigenvalue weighted by Gasteiger charge is 2.25. The van der Waals surface area contributed by atoms with Crippen molar-refractivity contribution >= 4 is 30.7 Å². The summed E-state index contributed by atoms with van der Waals surface area (Å²) in [5, 5.41) is 12.9. The molecule has 0 aliphatic carbocycles. The number of nitrogens with two attached hydrogens (primary N) is 1. The SMILES string of the molecule is [B]c1ccc2c(c1)OC(CC)CN(Cc1cc(C(CC(=O)O)c3ccc(NC)c(N)c3C)ccc1C)C2. The minimum atomic E-state index is -0.839. The van der Waals surface area contributed by atoms with Gasteiger partial charge in [0.15, 0.2) is 0 Å². The Balaban J connectivity index is 1.68. The number of benzene rings is 3. The van der Waals surface area contributed by atoms with Gasteiger partial charge >= 0.3 is 5.97 Å². The van der Waals surface area contributed by atoms with E-state index in [0.717, 1.165) is 59.7 Å². The highest BCUT2D eigenvalue weighted by atomic mass is 16.5. The molecule has 0 spiro atoms. The van der Waals surface area contributed by atoms with Crippen LogP contribution in [0.25, 0.3) is 0 Å². The lowest BCUT2D eigenvalue weighted by atomic mass is 9.84. The summed E-state index contributed by atoms with van der Waals surface area (Å²) in [6.07, 6.45) is 0.960. The molecule has 7 heteroatoms. The maximum atomic E-state index is 11.9. The van der Waals surface area contributed by atoms with E-state index in [2.05, 4.69) is 36.2 Å². The molecule has 4 rings (SSSR count). The number of hydrogen-bond acceptors (Lipinski definition) is 5. The third-order valence-corrected chi connectivity index (χ3v) is 7.45. The first-order valence-electron chi connectivity index (χ1n) is 12.9. The molecule has 2 unspecified atom stereocenters. The van der Waals surface area contributed by atoms with Crippen LogP contribution in [-0.2, 0) is 17.9 Å². The Morgan fingerprint density at radius 3 is 2.70 bits per heavy atom. The number of carboxylic acids is 1. The zero-order valence-corrected chi connectivity index (χ0v) is 22.2. The van der Waals surface area contributed by atoms with E-state index in [9.17, 15) is 9.90 Å². The average molecular weight is 497 g/mol. The van der Waals surface area contributed by atoms with Crippen LogP contribution in [0, 0.1) is 13.8 Å². The van der Waals surface area contributed by atoms with E-state index in [1.54, 1.807) is 0 Å². The molecule has 6 nitrogen and oxygen atoms in total. The van der Waals surface area contributed by atoms with Gasteiger partial charge in [0.25, 0.3) is 0 Å². The van der Waals surface area contributed by atoms with Crippen molar-refractivity contribution < 1.29 is 14.6 Å². The second-order valence-electron chi connectivity index (χ2n) is 10.0. The van der Waals surface area contributed by atoms with Gasteiger partial charge in [0.1, 0.15) is 19.7 Å². The van der Waals surface area contributed by atoms with Crippen LogP contribution in [0.2, 0.25) is 0 Å². The topological polar surface area (TPSA) is 87.8 Å². The summed E-state index contributed by atoms with van der Waals surface area (Å²) in [6.45, 7) is 8.50. The molecular formula is C30H36BN3O3. The number of fused-ring (bicyclic) bond motifs is 1. The van der Waals surface area contributed by atoms with Crippen LogP contribution < -0.4 is 21.3 Å². The zero-order valence-electron chi connectivity index (χ0n) is 22.2. The van der Waals surface area contributed by atoms with Crippen LogP contribution in [0.3, 0.4) is 0 Å². The molecule has 1 aliphatic heterocycles. The van der Waals surface area contributed by atoms with Crippen molar-refractivity contribution in [1.82, 2.24) is 4.90 Å². The van der Waals surface area contributed by atoms with E-state index in [1.807, 2.05) is 50.4 Å². The molecule has 0 saturated carbocycles. The number of nitrogen functional groups attached to an aromatic ring is 1. The standard InChI is InChI=1S/C30H36BN3O3/c1-5-24-17-34(15-21-8-9-23(31)13-28(21)37-24)16-22-12-20(7-6-18(22)2)26(14-29(35)36)25-10-11-27(33-4)30(32)19(25)3/h6-13,24,26,33H,5,14-17,32H2,1-4H3,(H,35,36). The smallest absolute Gasteiger partial charge is 0.304 e. The molecule has 0 fully saturated rings. The first kappa shape index (κ1) is 26.6. The number of aliphatic carboxylic acids is 1. The molecule has 192 valence electrons. The molecule has 0 aromatic heterocycles. The summed E-state index contributed by atoms with van der Waals surface area (Å²) in [7, 11) is 7.84. The predicted octanol–water partition coefficient (Wildman–Crippen LogP) is 4.50. The second-order valence-corrected chi connectivity index (χ2v) is 10.0. The van der Waals surface area contributed by atoms with E-state index in [0.29, 0.717) is 11.2 Å². The van der Waals surface area contributed by atoms with Gasteiger partial charge in [-0.2, -0.15) is 0 Å². The van der Waals surface area contributed by atoms with E-state index in [4.69, 9.17) is 18.3 Å². The highest BCUT2D eigenvalue weighted by molar-refractivity contribution is 6.32. The predicted molar refractivity (Wildman–Crippen MR) is 151 cm³/mol. The monoisotopic (exact) mass is 497 g/mol. The number of hydrogen-bond donors (Lipinski definition) is 3. The fraction of sp³-hybridized carbons (Fsp3) is 0.367. The molecule has 2 radical (unpaired) electrons. The van der Waals surface area contributed by atoms with Gasteiger partial charge in [0.2, 0.25) is 0 Å². The summed E-state index contributed by atoms with van der Waals surface area (Å²) in [5.74, 6) is -0.279. The zero-order chi connectivity index (χ0) is 26.7. The van der Waals surface area contributed by atoms with Gasteiger partial charge in [-0.25, -0.2) is 0 Å². The number of nitrogens with zero attached hydrogens (tertiary/aromatic N) is 1. The Bertz CT molecular complexity index is 1290. The number of anilines is 2. The molecule has 37 heavy (non-hydrogen) atoms. The van der Waals surface area contributed by atoms with Crippen LogP contribution in [-0.4, -0.2) is 43.5 Å². The fourth-order valence-corrected chi connectivity index (χ4v) is 5.20. The van der Waals surface area contributed by atoms with E-state index in [1.165, 1.54) is 11.1 Å². The van der Waals surface area contributed by atoms with E-state index in [-0.39, 0.29) is 18.4 Å². The Hall–Kier alpha value is -3.45. The second kappa shape index (κ2) is 11.3. The lowest BCUT2D eigenvalue weighted by Crippen LogP contribution is -2.32. The molecule has 0 saturated heterocycles. The van der Waals surface area contributed by atoms with Crippen molar-refractivity contribution in [2.45, 2.75) is 58.7 Å². The molecule has 1 aliphatic rings. The third-order valence-electron chi connectivity index (χ3n) is 7.45. The maximum Gasteiger partial charge on any atom is 0.304 e. The molecule has 3 aromatic rings. The molecule has 1 heterocycles. The number of ether oxygens (including phenoxy) is 1. The van der Waals surface area contributed by atoms with Gasteiger partial charge in [-0.1, -0.05) is 48.8 Å². The summed E-state index contributed by atoms with van der Waals surface area (Å²) >= 11 is 0. The van der Waals surface area contributed by atoms with E-state index < -0.39 is 5.97 Å². The Kier molecular flexibility index (Phi) is 8.13. The Morgan fingerprint density at radius 2 is 2.00 bits per heavy atom. The summed E-state index contributed by atoms with van der Waals surface area (Å²) in [5.41, 5.74) is 14.9. The quantitative estimate of drug-likeness (QED) is 0.314. The van der Waals surface area contributed by atoms with Crippen LogP contribution >= 0.6 is 0 Å². The van der Waals surface area contributed by atoms with Crippen LogP contribution in [0.15, 0.2) is 48.5 Å².